The molecule has 0 bridgehead atoms. The van der Waals surface area contributed by atoms with Gasteiger partial charge in [-0.15, -0.1) is 0 Å². The topological polar surface area (TPSA) is 36.9 Å². The highest BCUT2D eigenvalue weighted by molar-refractivity contribution is 6.99. The van der Waals surface area contributed by atoms with E-state index in [2.05, 4.69) is 267 Å². The molecule has 12 aromatic rings. The Morgan fingerprint density at radius 1 is 0.192 bits per heavy atom. The van der Waals surface area contributed by atoms with Crippen LogP contribution in [0.25, 0.3) is 77.9 Å². The first kappa shape index (κ1) is 44.3. The van der Waals surface area contributed by atoms with E-state index in [1.165, 1.54) is 5.56 Å². The Labute approximate surface area is 453 Å². The third-order valence-corrected chi connectivity index (χ3v) is 16.2. The van der Waals surface area contributed by atoms with Gasteiger partial charge in [0.2, 0.25) is 0 Å². The number of benzene rings is 12. The predicted molar refractivity (Wildman–Crippen MR) is 320 cm³/mol. The lowest BCUT2D eigenvalue weighted by atomic mass is 9.34. The third kappa shape index (κ3) is 7.11. The maximum atomic E-state index is 7.13. The first-order valence-electron chi connectivity index (χ1n) is 26.7. The van der Waals surface area contributed by atoms with E-state index in [-0.39, 0.29) is 13.4 Å². The van der Waals surface area contributed by atoms with Crippen molar-refractivity contribution in [1.82, 2.24) is 0 Å². The molecule has 0 unspecified atom stereocenters. The molecule has 0 aliphatic carbocycles. The minimum absolute atomic E-state index is 0.113. The van der Waals surface area contributed by atoms with Crippen LogP contribution in [-0.4, -0.2) is 13.4 Å². The zero-order valence-electron chi connectivity index (χ0n) is 42.2. The van der Waals surface area contributed by atoms with Crippen LogP contribution in [0.4, 0.5) is 0 Å². The van der Waals surface area contributed by atoms with E-state index in [0.29, 0.717) is 0 Å². The van der Waals surface area contributed by atoms with Crippen LogP contribution in [0.3, 0.4) is 0 Å². The van der Waals surface area contributed by atoms with Crippen molar-refractivity contribution in [2.45, 2.75) is 0 Å². The van der Waals surface area contributed by atoms with Crippen molar-refractivity contribution in [2.24, 2.45) is 0 Å². The lowest BCUT2D eigenvalue weighted by molar-refractivity contribution is 0.466. The Kier molecular flexibility index (Phi) is 10.1. The fourth-order valence-electron chi connectivity index (χ4n) is 12.5. The number of hydrogen-bond donors (Lipinski definition) is 0. The summed E-state index contributed by atoms with van der Waals surface area (Å²) >= 11 is 0. The second-order valence-electron chi connectivity index (χ2n) is 20.6. The van der Waals surface area contributed by atoms with E-state index in [1.54, 1.807) is 0 Å². The van der Waals surface area contributed by atoms with Crippen LogP contribution < -0.4 is 51.7 Å². The summed E-state index contributed by atoms with van der Waals surface area (Å²) in [7, 11) is 0. The Morgan fingerprint density at radius 2 is 0.538 bits per heavy atom. The summed E-state index contributed by atoms with van der Waals surface area (Å²) in [4.78, 5) is 0. The van der Waals surface area contributed by atoms with Crippen molar-refractivity contribution in [3.8, 4) is 124 Å². The van der Waals surface area contributed by atoms with Crippen molar-refractivity contribution < 1.29 is 18.9 Å². The minimum Gasteiger partial charge on any atom is -0.458 e. The fourth-order valence-corrected chi connectivity index (χ4v) is 12.5. The maximum Gasteiger partial charge on any atom is 0.260 e. The van der Waals surface area contributed by atoms with Gasteiger partial charge in [-0.25, -0.2) is 0 Å². The maximum absolute atomic E-state index is 7.13. The van der Waals surface area contributed by atoms with Crippen molar-refractivity contribution in [2.75, 3.05) is 0 Å². The lowest BCUT2D eigenvalue weighted by Crippen LogP contribution is -2.57. The van der Waals surface area contributed by atoms with Gasteiger partial charge in [0.1, 0.15) is 46.0 Å². The standard InChI is InChI=1S/C72H44B2O4/c1-5-16-45(17-6-1)52-35-39-64-62(43-52)73-59-28-14-26-55(48-18-7-2-8-19-48)69(59)77-66-41-37-58(71(76-64)68(66)73)54-25-13-24-51(42-54)46-30-32-47(33-31-46)53-34-38-63-61(44-53)74-60-29-15-27-56(49-20-9-3-10-21-49)70(60)78-72-57(50-22-11-4-12-23-50)36-40-65(75-63)67(72)74/h1-44H. The van der Waals surface area contributed by atoms with Crippen LogP contribution in [0.2, 0.25) is 0 Å². The first-order valence-corrected chi connectivity index (χ1v) is 26.7. The second-order valence-corrected chi connectivity index (χ2v) is 20.6. The summed E-state index contributed by atoms with van der Waals surface area (Å²) in [6, 6.07) is 94.8. The summed E-state index contributed by atoms with van der Waals surface area (Å²) in [6.07, 6.45) is 0. The molecule has 4 nitrogen and oxygen atoms in total. The van der Waals surface area contributed by atoms with Gasteiger partial charge in [0.15, 0.2) is 0 Å². The SMILES string of the molecule is c1ccc(-c2ccc3c(c2)B2c4cccc(-c5ccccc5)c4Oc4ccc(-c5cccc(-c6ccc(-c7ccc8c(c7)B7c9cccc(-c%10ccccc%10)c9Oc9c(-c%10ccccc%10)ccc(c97)O8)cc6)c5)c(c42)O3)cc1. The number of para-hydroxylation sites is 2. The van der Waals surface area contributed by atoms with E-state index in [9.17, 15) is 0 Å². The molecule has 0 spiro atoms. The first-order chi connectivity index (χ1) is 38.7. The van der Waals surface area contributed by atoms with Crippen LogP contribution in [0.5, 0.6) is 46.0 Å². The van der Waals surface area contributed by atoms with E-state index in [0.717, 1.165) is 151 Å². The van der Waals surface area contributed by atoms with Crippen molar-refractivity contribution >= 4 is 46.2 Å². The van der Waals surface area contributed by atoms with Crippen LogP contribution in [0.1, 0.15) is 0 Å². The molecule has 0 atom stereocenters. The van der Waals surface area contributed by atoms with E-state index < -0.39 is 0 Å². The van der Waals surface area contributed by atoms with Gasteiger partial charge in [-0.1, -0.05) is 224 Å². The zero-order valence-corrected chi connectivity index (χ0v) is 42.2. The highest BCUT2D eigenvalue weighted by Crippen LogP contribution is 2.46. The molecular weight excluding hydrogens is 950 g/mol. The average Bonchev–Trinajstić information content (AvgIpc) is 3.62. The largest absolute Gasteiger partial charge is 0.458 e. The van der Waals surface area contributed by atoms with Gasteiger partial charge in [-0.2, -0.15) is 0 Å². The number of ether oxygens (including phenoxy) is 4. The summed E-state index contributed by atoms with van der Waals surface area (Å²) in [5, 5.41) is 0. The van der Waals surface area contributed by atoms with Crippen molar-refractivity contribution in [3.05, 3.63) is 267 Å². The van der Waals surface area contributed by atoms with Gasteiger partial charge in [-0.3, -0.25) is 0 Å². The van der Waals surface area contributed by atoms with Gasteiger partial charge in [0.05, 0.1) is 0 Å². The molecule has 78 heavy (non-hydrogen) atoms. The molecule has 0 amide bonds. The Hall–Kier alpha value is -10.0. The molecule has 12 aromatic carbocycles. The second kappa shape index (κ2) is 17.8. The van der Waals surface area contributed by atoms with Gasteiger partial charge in [0, 0.05) is 33.2 Å². The quantitative estimate of drug-likeness (QED) is 0.149. The van der Waals surface area contributed by atoms with Gasteiger partial charge >= 0.3 is 0 Å². The van der Waals surface area contributed by atoms with Crippen LogP contribution in [-0.2, 0) is 0 Å². The number of hydrogen-bond acceptors (Lipinski definition) is 4. The summed E-state index contributed by atoms with van der Waals surface area (Å²) in [5.74, 6) is 6.76. The molecule has 6 heteroatoms. The molecule has 0 fully saturated rings. The van der Waals surface area contributed by atoms with Crippen LogP contribution in [0.15, 0.2) is 267 Å². The van der Waals surface area contributed by atoms with Gasteiger partial charge < -0.3 is 18.9 Å². The smallest absolute Gasteiger partial charge is 0.260 e. The van der Waals surface area contributed by atoms with Crippen molar-refractivity contribution in [1.29, 1.82) is 0 Å². The average molecular weight is 995 g/mol. The monoisotopic (exact) mass is 994 g/mol. The Balaban J connectivity index is 0.765. The summed E-state index contributed by atoms with van der Waals surface area (Å²) in [6.45, 7) is -0.227. The molecule has 4 aliphatic rings. The van der Waals surface area contributed by atoms with Gasteiger partial charge in [-0.05, 0) is 120 Å². The molecule has 0 saturated heterocycles. The molecule has 362 valence electrons. The van der Waals surface area contributed by atoms with E-state index in [4.69, 9.17) is 18.9 Å². The van der Waals surface area contributed by atoms with E-state index in [1.807, 2.05) is 0 Å². The van der Waals surface area contributed by atoms with Crippen LogP contribution in [0, 0.1) is 0 Å². The molecule has 4 heterocycles. The minimum atomic E-state index is -0.114. The lowest BCUT2D eigenvalue weighted by Gasteiger charge is -2.35. The summed E-state index contributed by atoms with van der Waals surface area (Å²) in [5.41, 5.74) is 22.0. The number of rotatable bonds is 7. The molecule has 0 saturated carbocycles. The van der Waals surface area contributed by atoms with Crippen molar-refractivity contribution in [3.63, 3.8) is 0 Å². The summed E-state index contributed by atoms with van der Waals surface area (Å²) < 4.78 is 28.0. The Bertz CT molecular complexity index is 4370. The molecule has 4 aliphatic heterocycles. The molecule has 0 aromatic heterocycles. The molecule has 16 rings (SSSR count). The highest BCUT2D eigenvalue weighted by atomic mass is 16.5. The molecule has 0 N–H and O–H groups in total. The van der Waals surface area contributed by atoms with E-state index >= 15 is 0 Å². The third-order valence-electron chi connectivity index (χ3n) is 16.2. The molecule has 0 radical (unpaired) electrons. The molecular formula is C72H44B2O4. The number of fused-ring (bicyclic) bond motifs is 8. The fraction of sp³-hybridized carbons (Fsp3) is 0. The predicted octanol–water partition coefficient (Wildman–Crippen LogP) is 14.8. The zero-order chi connectivity index (χ0) is 51.3. The normalized spacial score (nSPS) is 12.7. The Morgan fingerprint density at radius 3 is 1.08 bits per heavy atom. The van der Waals surface area contributed by atoms with Crippen LogP contribution >= 0.6 is 0 Å². The highest BCUT2D eigenvalue weighted by Gasteiger charge is 2.44. The van der Waals surface area contributed by atoms with Gasteiger partial charge in [0.25, 0.3) is 13.4 Å².